The summed E-state index contributed by atoms with van der Waals surface area (Å²) in [5.41, 5.74) is 3.47. The first kappa shape index (κ1) is 19.0. The van der Waals surface area contributed by atoms with E-state index in [1.807, 2.05) is 35.2 Å². The molecule has 1 amide bonds. The minimum Gasteiger partial charge on any atom is -0.371 e. The molecule has 2 heterocycles. The number of rotatable bonds is 5. The predicted molar refractivity (Wildman–Crippen MR) is 115 cm³/mol. The molecule has 2 fully saturated rings. The number of anilines is 1. The fourth-order valence-electron chi connectivity index (χ4n) is 4.37. The highest BCUT2D eigenvalue weighted by atomic mass is 16.2. The van der Waals surface area contributed by atoms with E-state index in [0.717, 1.165) is 51.1 Å². The highest BCUT2D eigenvalue weighted by molar-refractivity contribution is 5.94. The van der Waals surface area contributed by atoms with Crippen LogP contribution < -0.4 is 10.2 Å². The normalized spacial score (nSPS) is 20.5. The lowest BCUT2D eigenvalue weighted by Crippen LogP contribution is -2.46. The molecule has 0 saturated carbocycles. The average Bonchev–Trinajstić information content (AvgIpc) is 3.22. The van der Waals surface area contributed by atoms with Crippen LogP contribution in [0.4, 0.5) is 5.69 Å². The van der Waals surface area contributed by atoms with Crippen LogP contribution in [-0.4, -0.2) is 49.6 Å². The van der Waals surface area contributed by atoms with Crippen molar-refractivity contribution in [3.63, 3.8) is 0 Å². The monoisotopic (exact) mass is 377 g/mol. The Kier molecular flexibility index (Phi) is 5.96. The topological polar surface area (TPSA) is 35.6 Å². The first-order valence-corrected chi connectivity index (χ1v) is 10.6. The van der Waals surface area contributed by atoms with Gasteiger partial charge in [-0.25, -0.2) is 0 Å². The van der Waals surface area contributed by atoms with Gasteiger partial charge in [-0.3, -0.25) is 4.79 Å². The van der Waals surface area contributed by atoms with Crippen LogP contribution in [0.5, 0.6) is 0 Å². The van der Waals surface area contributed by atoms with E-state index < -0.39 is 0 Å². The number of carbonyl (C=O) groups excluding carboxylic acids is 1. The van der Waals surface area contributed by atoms with Crippen LogP contribution in [0.3, 0.4) is 0 Å². The number of nitrogens with one attached hydrogen (secondary N) is 1. The lowest BCUT2D eigenvalue weighted by atomic mass is 10.0. The van der Waals surface area contributed by atoms with Gasteiger partial charge in [-0.1, -0.05) is 35.9 Å². The Labute approximate surface area is 168 Å². The molecular formula is C24H31N3O. The predicted octanol–water partition coefficient (Wildman–Crippen LogP) is 3.72. The number of hydrogen-bond acceptors (Lipinski definition) is 3. The van der Waals surface area contributed by atoms with E-state index in [1.54, 1.807) is 0 Å². The summed E-state index contributed by atoms with van der Waals surface area (Å²) >= 11 is 0. The Balaban J connectivity index is 1.20. The second kappa shape index (κ2) is 8.78. The van der Waals surface area contributed by atoms with Crippen molar-refractivity contribution in [2.24, 2.45) is 5.92 Å². The third kappa shape index (κ3) is 4.56. The molecule has 1 atom stereocenters. The molecule has 2 aromatic rings. The Morgan fingerprint density at radius 3 is 2.39 bits per heavy atom. The number of carbonyl (C=O) groups is 1. The van der Waals surface area contributed by atoms with Crippen LogP contribution in [-0.2, 0) is 0 Å². The summed E-state index contributed by atoms with van der Waals surface area (Å²) in [4.78, 5) is 17.1. The summed E-state index contributed by atoms with van der Waals surface area (Å²) in [6.07, 6.45) is 3.35. The summed E-state index contributed by atoms with van der Waals surface area (Å²) in [7, 11) is 0. The summed E-state index contributed by atoms with van der Waals surface area (Å²) in [5, 5.41) is 3.78. The number of benzene rings is 2. The fraction of sp³-hybridized carbons (Fsp3) is 0.458. The van der Waals surface area contributed by atoms with Gasteiger partial charge in [-0.05, 0) is 62.9 Å². The Bertz CT molecular complexity index is 766. The van der Waals surface area contributed by atoms with Crippen molar-refractivity contribution < 1.29 is 4.79 Å². The van der Waals surface area contributed by atoms with E-state index in [-0.39, 0.29) is 5.91 Å². The number of likely N-dealkylation sites (tertiary alicyclic amines) is 1. The smallest absolute Gasteiger partial charge is 0.253 e. The fourth-order valence-corrected chi connectivity index (χ4v) is 4.37. The molecule has 0 aromatic heterocycles. The zero-order valence-electron chi connectivity index (χ0n) is 16.8. The summed E-state index contributed by atoms with van der Waals surface area (Å²) in [6.45, 7) is 7.22. The van der Waals surface area contributed by atoms with E-state index in [2.05, 4.69) is 41.4 Å². The van der Waals surface area contributed by atoms with Crippen molar-refractivity contribution >= 4 is 11.6 Å². The van der Waals surface area contributed by atoms with Gasteiger partial charge in [0, 0.05) is 43.5 Å². The summed E-state index contributed by atoms with van der Waals surface area (Å²) < 4.78 is 0. The van der Waals surface area contributed by atoms with Gasteiger partial charge in [0.05, 0.1) is 0 Å². The van der Waals surface area contributed by atoms with Gasteiger partial charge in [0.1, 0.15) is 0 Å². The van der Waals surface area contributed by atoms with Crippen molar-refractivity contribution in [2.45, 2.75) is 32.2 Å². The first-order valence-electron chi connectivity index (χ1n) is 10.6. The van der Waals surface area contributed by atoms with Crippen molar-refractivity contribution in [1.29, 1.82) is 0 Å². The van der Waals surface area contributed by atoms with Gasteiger partial charge in [0.15, 0.2) is 0 Å². The molecule has 0 aliphatic carbocycles. The zero-order valence-corrected chi connectivity index (χ0v) is 16.8. The second-order valence-electron chi connectivity index (χ2n) is 8.28. The maximum atomic E-state index is 12.6. The van der Waals surface area contributed by atoms with Gasteiger partial charge < -0.3 is 15.1 Å². The Hall–Kier alpha value is -2.33. The van der Waals surface area contributed by atoms with Gasteiger partial charge in [0.25, 0.3) is 5.91 Å². The van der Waals surface area contributed by atoms with Crippen LogP contribution in [0, 0.1) is 12.8 Å². The summed E-state index contributed by atoms with van der Waals surface area (Å²) in [6, 6.07) is 19.1. The minimum absolute atomic E-state index is 0.170. The molecule has 148 valence electrons. The third-order valence-electron chi connectivity index (χ3n) is 6.18. The largest absolute Gasteiger partial charge is 0.371 e. The van der Waals surface area contributed by atoms with Crippen LogP contribution in [0.1, 0.15) is 35.2 Å². The third-order valence-corrected chi connectivity index (χ3v) is 6.18. The first-order chi connectivity index (χ1) is 13.7. The maximum Gasteiger partial charge on any atom is 0.253 e. The van der Waals surface area contributed by atoms with Crippen LogP contribution in [0.15, 0.2) is 54.6 Å². The molecule has 2 saturated heterocycles. The van der Waals surface area contributed by atoms with Crippen LogP contribution >= 0.6 is 0 Å². The Morgan fingerprint density at radius 1 is 0.964 bits per heavy atom. The maximum absolute atomic E-state index is 12.6. The molecule has 2 aromatic carbocycles. The molecular weight excluding hydrogens is 346 g/mol. The van der Waals surface area contributed by atoms with E-state index in [1.165, 1.54) is 17.7 Å². The molecule has 0 spiro atoms. The van der Waals surface area contributed by atoms with Gasteiger partial charge in [-0.2, -0.15) is 0 Å². The molecule has 4 nitrogen and oxygen atoms in total. The number of piperidine rings is 1. The number of aryl methyl sites for hydroxylation is 1. The molecule has 4 rings (SSSR count). The SMILES string of the molecule is Cc1ccc(N2CC[C@@H](CNC3CCN(C(=O)c4ccccc4)CC3)C2)cc1. The van der Waals surface area contributed by atoms with Crippen molar-refractivity contribution in [3.8, 4) is 0 Å². The molecule has 0 unspecified atom stereocenters. The molecule has 4 heteroatoms. The molecule has 1 N–H and O–H groups in total. The van der Waals surface area contributed by atoms with Gasteiger partial charge >= 0.3 is 0 Å². The molecule has 2 aliphatic heterocycles. The van der Waals surface area contributed by atoms with Gasteiger partial charge in [0.2, 0.25) is 0 Å². The Morgan fingerprint density at radius 2 is 1.68 bits per heavy atom. The van der Waals surface area contributed by atoms with Gasteiger partial charge in [-0.15, -0.1) is 0 Å². The highest BCUT2D eigenvalue weighted by Gasteiger charge is 2.26. The minimum atomic E-state index is 0.170. The van der Waals surface area contributed by atoms with E-state index >= 15 is 0 Å². The average molecular weight is 378 g/mol. The standard InChI is InChI=1S/C24H31N3O/c1-19-7-9-23(10-8-19)27-14-11-20(18-27)17-25-22-12-15-26(16-13-22)24(28)21-5-3-2-4-6-21/h2-10,20,22,25H,11-18H2,1H3/t20-/m0/s1. The van der Waals surface area contributed by atoms with Crippen molar-refractivity contribution in [2.75, 3.05) is 37.6 Å². The zero-order chi connectivity index (χ0) is 19.3. The molecule has 28 heavy (non-hydrogen) atoms. The number of hydrogen-bond donors (Lipinski definition) is 1. The molecule has 0 radical (unpaired) electrons. The van der Waals surface area contributed by atoms with Crippen molar-refractivity contribution in [3.05, 3.63) is 65.7 Å². The molecule has 0 bridgehead atoms. The van der Waals surface area contributed by atoms with E-state index in [9.17, 15) is 4.79 Å². The lowest BCUT2D eigenvalue weighted by molar-refractivity contribution is 0.0704. The van der Waals surface area contributed by atoms with E-state index in [0.29, 0.717) is 12.0 Å². The quantitative estimate of drug-likeness (QED) is 0.863. The highest BCUT2D eigenvalue weighted by Crippen LogP contribution is 2.24. The summed E-state index contributed by atoms with van der Waals surface area (Å²) in [5.74, 6) is 0.883. The van der Waals surface area contributed by atoms with Crippen molar-refractivity contribution in [1.82, 2.24) is 10.2 Å². The van der Waals surface area contributed by atoms with E-state index in [4.69, 9.17) is 0 Å². The lowest BCUT2D eigenvalue weighted by Gasteiger charge is -2.33. The number of nitrogens with zero attached hydrogens (tertiary/aromatic N) is 2. The second-order valence-corrected chi connectivity index (χ2v) is 8.28. The molecule has 2 aliphatic rings. The number of amides is 1. The van der Waals surface area contributed by atoms with Crippen LogP contribution in [0.2, 0.25) is 0 Å². The van der Waals surface area contributed by atoms with Crippen LogP contribution in [0.25, 0.3) is 0 Å².